The Morgan fingerprint density at radius 3 is 2.50 bits per heavy atom. The molecule has 0 aromatic heterocycles. The van der Waals surface area contributed by atoms with Crippen LogP contribution in [0, 0.1) is 5.92 Å². The molecule has 0 saturated carbocycles. The molecule has 2 rings (SSSR count). The molecule has 0 aliphatic carbocycles. The summed E-state index contributed by atoms with van der Waals surface area (Å²) in [4.78, 5) is 38.5. The third-order valence-corrected chi connectivity index (χ3v) is 4.57. The fourth-order valence-electron chi connectivity index (χ4n) is 2.94. The maximum absolute atomic E-state index is 12.8. The highest BCUT2D eigenvalue weighted by atomic mass is 16.2. The summed E-state index contributed by atoms with van der Waals surface area (Å²) < 4.78 is 0. The van der Waals surface area contributed by atoms with Gasteiger partial charge in [-0.25, -0.2) is 0 Å². The Balaban J connectivity index is 2.00. The predicted molar refractivity (Wildman–Crippen MR) is 102 cm³/mol. The molecular formula is C20H29N3O3. The molecule has 1 aromatic rings. The zero-order valence-electron chi connectivity index (χ0n) is 15.9. The van der Waals surface area contributed by atoms with Crippen molar-refractivity contribution < 1.29 is 14.4 Å². The van der Waals surface area contributed by atoms with Gasteiger partial charge in [0, 0.05) is 30.3 Å². The molecule has 1 saturated heterocycles. The summed E-state index contributed by atoms with van der Waals surface area (Å²) in [5.41, 5.74) is 1.19. The topological polar surface area (TPSA) is 78.5 Å². The largest absolute Gasteiger partial charge is 0.354 e. The molecule has 1 aliphatic heterocycles. The van der Waals surface area contributed by atoms with E-state index in [4.69, 9.17) is 0 Å². The Morgan fingerprint density at radius 2 is 1.88 bits per heavy atom. The first-order valence-electron chi connectivity index (χ1n) is 9.43. The number of unbranched alkanes of at least 4 members (excludes halogenated alkanes) is 1. The first kappa shape index (κ1) is 19.9. The van der Waals surface area contributed by atoms with Gasteiger partial charge in [0.25, 0.3) is 5.91 Å². The van der Waals surface area contributed by atoms with Crippen molar-refractivity contribution in [1.29, 1.82) is 0 Å². The molecule has 2 N–H and O–H groups in total. The van der Waals surface area contributed by atoms with E-state index < -0.39 is 0 Å². The maximum Gasteiger partial charge on any atom is 0.254 e. The minimum Gasteiger partial charge on any atom is -0.354 e. The van der Waals surface area contributed by atoms with E-state index in [1.54, 1.807) is 29.2 Å². The van der Waals surface area contributed by atoms with Gasteiger partial charge in [-0.05, 0) is 43.5 Å². The highest BCUT2D eigenvalue weighted by molar-refractivity contribution is 5.99. The highest BCUT2D eigenvalue weighted by Crippen LogP contribution is 2.21. The molecule has 1 aliphatic rings. The minimum atomic E-state index is -0.389. The van der Waals surface area contributed by atoms with Gasteiger partial charge in [-0.1, -0.05) is 27.2 Å². The molecule has 0 spiro atoms. The Bertz CT molecular complexity index is 640. The van der Waals surface area contributed by atoms with Gasteiger partial charge in [0.15, 0.2) is 0 Å². The number of nitrogens with zero attached hydrogens (tertiary/aromatic N) is 1. The second kappa shape index (κ2) is 9.36. The van der Waals surface area contributed by atoms with Crippen LogP contribution in [0.2, 0.25) is 0 Å². The van der Waals surface area contributed by atoms with Crippen LogP contribution >= 0.6 is 0 Å². The van der Waals surface area contributed by atoms with Gasteiger partial charge in [-0.2, -0.15) is 0 Å². The number of benzene rings is 1. The standard InChI is InChI=1S/C20H29N3O3/c1-4-5-12-21-19(25)17-7-6-13-23(17)20(26)15-8-10-16(11-9-15)22-18(24)14(2)3/h8-11,14,17H,4-7,12-13H2,1-3H3,(H,21,25)(H,22,24). The van der Waals surface area contributed by atoms with Crippen LogP contribution in [0.3, 0.4) is 0 Å². The van der Waals surface area contributed by atoms with Gasteiger partial charge in [-0.3, -0.25) is 14.4 Å². The van der Waals surface area contributed by atoms with Crippen LogP contribution in [0.15, 0.2) is 24.3 Å². The fraction of sp³-hybridized carbons (Fsp3) is 0.550. The molecule has 1 atom stereocenters. The number of rotatable bonds is 7. The molecule has 0 radical (unpaired) electrons. The lowest BCUT2D eigenvalue weighted by Crippen LogP contribution is -2.46. The Hall–Kier alpha value is -2.37. The second-order valence-electron chi connectivity index (χ2n) is 7.02. The van der Waals surface area contributed by atoms with Crippen molar-refractivity contribution in [2.24, 2.45) is 5.92 Å². The number of hydrogen-bond donors (Lipinski definition) is 2. The molecule has 142 valence electrons. The van der Waals surface area contributed by atoms with Crippen molar-refractivity contribution in [3.05, 3.63) is 29.8 Å². The third-order valence-electron chi connectivity index (χ3n) is 4.57. The highest BCUT2D eigenvalue weighted by Gasteiger charge is 2.34. The van der Waals surface area contributed by atoms with E-state index in [1.165, 1.54) is 0 Å². The van der Waals surface area contributed by atoms with Crippen LogP contribution < -0.4 is 10.6 Å². The molecule has 1 fully saturated rings. The summed E-state index contributed by atoms with van der Waals surface area (Å²) in [6.07, 6.45) is 3.50. The third kappa shape index (κ3) is 5.07. The number of nitrogens with one attached hydrogen (secondary N) is 2. The Kier molecular flexibility index (Phi) is 7.18. The van der Waals surface area contributed by atoms with Crippen LogP contribution in [-0.4, -0.2) is 41.8 Å². The molecule has 1 unspecified atom stereocenters. The van der Waals surface area contributed by atoms with Crippen molar-refractivity contribution in [1.82, 2.24) is 10.2 Å². The summed E-state index contributed by atoms with van der Waals surface area (Å²) in [7, 11) is 0. The van der Waals surface area contributed by atoms with Gasteiger partial charge in [0.05, 0.1) is 0 Å². The Labute approximate surface area is 155 Å². The van der Waals surface area contributed by atoms with E-state index >= 15 is 0 Å². The SMILES string of the molecule is CCCCNC(=O)C1CCCN1C(=O)c1ccc(NC(=O)C(C)C)cc1. The number of carbonyl (C=O) groups excluding carboxylic acids is 3. The number of amides is 3. The summed E-state index contributed by atoms with van der Waals surface area (Å²) in [5, 5.41) is 5.73. The van der Waals surface area contributed by atoms with Crippen molar-refractivity contribution in [3.63, 3.8) is 0 Å². The molecular weight excluding hydrogens is 330 g/mol. The molecule has 3 amide bonds. The van der Waals surface area contributed by atoms with E-state index in [2.05, 4.69) is 17.6 Å². The van der Waals surface area contributed by atoms with Crippen molar-refractivity contribution >= 4 is 23.4 Å². The summed E-state index contributed by atoms with van der Waals surface area (Å²) in [5.74, 6) is -0.370. The number of likely N-dealkylation sites (tertiary alicyclic amines) is 1. The minimum absolute atomic E-state index is 0.0626. The van der Waals surface area contributed by atoms with E-state index in [1.807, 2.05) is 13.8 Å². The summed E-state index contributed by atoms with van der Waals surface area (Å²) >= 11 is 0. The van der Waals surface area contributed by atoms with Crippen LogP contribution in [0.25, 0.3) is 0 Å². The summed E-state index contributed by atoms with van der Waals surface area (Å²) in [6, 6.07) is 6.45. The molecule has 0 bridgehead atoms. The lowest BCUT2D eigenvalue weighted by molar-refractivity contribution is -0.124. The van der Waals surface area contributed by atoms with Gasteiger partial charge >= 0.3 is 0 Å². The predicted octanol–water partition coefficient (Wildman–Crippen LogP) is 2.80. The molecule has 1 aromatic carbocycles. The van der Waals surface area contributed by atoms with Crippen molar-refractivity contribution in [2.75, 3.05) is 18.4 Å². The monoisotopic (exact) mass is 359 g/mol. The maximum atomic E-state index is 12.8. The van der Waals surface area contributed by atoms with Crippen molar-refractivity contribution in [3.8, 4) is 0 Å². The number of anilines is 1. The average Bonchev–Trinajstić information content (AvgIpc) is 3.11. The zero-order valence-corrected chi connectivity index (χ0v) is 15.9. The Morgan fingerprint density at radius 1 is 1.19 bits per heavy atom. The second-order valence-corrected chi connectivity index (χ2v) is 7.02. The molecule has 1 heterocycles. The van der Waals surface area contributed by atoms with Gasteiger partial charge in [0.2, 0.25) is 11.8 Å². The quantitative estimate of drug-likeness (QED) is 0.735. The summed E-state index contributed by atoms with van der Waals surface area (Å²) in [6.45, 7) is 6.97. The molecule has 26 heavy (non-hydrogen) atoms. The zero-order chi connectivity index (χ0) is 19.1. The van der Waals surface area contributed by atoms with Crippen LogP contribution in [0.4, 0.5) is 5.69 Å². The van der Waals surface area contributed by atoms with Crippen LogP contribution in [0.5, 0.6) is 0 Å². The van der Waals surface area contributed by atoms with Gasteiger partial charge < -0.3 is 15.5 Å². The first-order chi connectivity index (χ1) is 12.4. The molecule has 6 nitrogen and oxygen atoms in total. The molecule has 6 heteroatoms. The van der Waals surface area contributed by atoms with E-state index in [9.17, 15) is 14.4 Å². The van der Waals surface area contributed by atoms with E-state index in [0.29, 0.717) is 30.8 Å². The van der Waals surface area contributed by atoms with E-state index in [0.717, 1.165) is 19.3 Å². The van der Waals surface area contributed by atoms with Crippen LogP contribution in [0.1, 0.15) is 56.8 Å². The smallest absolute Gasteiger partial charge is 0.254 e. The lowest BCUT2D eigenvalue weighted by Gasteiger charge is -2.24. The average molecular weight is 359 g/mol. The number of hydrogen-bond acceptors (Lipinski definition) is 3. The fourth-order valence-corrected chi connectivity index (χ4v) is 2.94. The normalized spacial score (nSPS) is 16.6. The first-order valence-corrected chi connectivity index (χ1v) is 9.43. The van der Waals surface area contributed by atoms with Gasteiger partial charge in [0.1, 0.15) is 6.04 Å². The van der Waals surface area contributed by atoms with E-state index in [-0.39, 0.29) is 29.7 Å². The number of carbonyl (C=O) groups is 3. The van der Waals surface area contributed by atoms with Crippen LogP contribution in [-0.2, 0) is 9.59 Å². The van der Waals surface area contributed by atoms with Crippen molar-refractivity contribution in [2.45, 2.75) is 52.5 Å². The van der Waals surface area contributed by atoms with Gasteiger partial charge in [-0.15, -0.1) is 0 Å². The lowest BCUT2D eigenvalue weighted by atomic mass is 10.1.